The van der Waals surface area contributed by atoms with Gasteiger partial charge in [-0.05, 0) is 25.7 Å². The van der Waals surface area contributed by atoms with E-state index in [2.05, 4.69) is 32.3 Å². The number of aromatic nitrogens is 4. The molecule has 1 aliphatic carbocycles. The first-order chi connectivity index (χ1) is 15.7. The number of rotatable bonds is 7. The van der Waals surface area contributed by atoms with Gasteiger partial charge in [-0.3, -0.25) is 9.48 Å². The molecule has 3 heterocycles. The van der Waals surface area contributed by atoms with Crippen LogP contribution in [0.2, 0.25) is 0 Å². The van der Waals surface area contributed by atoms with E-state index in [0.717, 1.165) is 5.56 Å². The number of likely N-dealkylation sites (N-methyl/N-ethyl adjacent to an activating group) is 1. The minimum atomic E-state index is -2.52. The van der Waals surface area contributed by atoms with Gasteiger partial charge in [0.2, 0.25) is 11.9 Å². The molecule has 0 aromatic carbocycles. The zero-order valence-electron chi connectivity index (χ0n) is 19.1. The summed E-state index contributed by atoms with van der Waals surface area (Å²) < 4.78 is 33.7. The van der Waals surface area contributed by atoms with Gasteiger partial charge < -0.3 is 20.3 Å². The number of carbonyl (C=O) groups excluding carboxylic acids is 1. The van der Waals surface area contributed by atoms with Crippen LogP contribution in [0, 0.1) is 12.8 Å². The normalized spacial score (nSPS) is 20.2. The third kappa shape index (κ3) is 4.91. The molecule has 0 unspecified atom stereocenters. The first kappa shape index (κ1) is 22.9. The van der Waals surface area contributed by atoms with Gasteiger partial charge in [-0.25, -0.2) is 13.8 Å². The summed E-state index contributed by atoms with van der Waals surface area (Å²) in [7, 11) is 3.23. The molecule has 1 atom stereocenters. The maximum atomic E-state index is 13.4. The molecule has 1 saturated carbocycles. The summed E-state index contributed by atoms with van der Waals surface area (Å²) in [5.41, 5.74) is 2.12. The first-order valence-electron chi connectivity index (χ1n) is 10.9. The average Bonchev–Trinajstić information content (AvgIpc) is 3.22. The van der Waals surface area contributed by atoms with Crippen LogP contribution in [-0.4, -0.2) is 51.8 Å². The number of alkyl halides is 2. The van der Waals surface area contributed by atoms with Crippen molar-refractivity contribution in [3.8, 4) is 0 Å². The van der Waals surface area contributed by atoms with Crippen LogP contribution in [0.15, 0.2) is 24.7 Å². The summed E-state index contributed by atoms with van der Waals surface area (Å²) >= 11 is 0. The molecule has 33 heavy (non-hydrogen) atoms. The minimum Gasteiger partial charge on any atom is -0.499 e. The lowest BCUT2D eigenvalue weighted by atomic mass is 9.87. The van der Waals surface area contributed by atoms with E-state index < -0.39 is 12.0 Å². The number of fused-ring (bicyclic) bond motifs is 1. The number of nitrogens with zero attached hydrogens (tertiary/aromatic N) is 5. The molecule has 0 bridgehead atoms. The van der Waals surface area contributed by atoms with Crippen LogP contribution in [0.4, 0.5) is 26.2 Å². The summed E-state index contributed by atoms with van der Waals surface area (Å²) in [5.74, 6) is -1.25. The van der Waals surface area contributed by atoms with Gasteiger partial charge in [0.15, 0.2) is 11.9 Å². The zero-order chi connectivity index (χ0) is 23.8. The molecule has 4 rings (SSSR count). The van der Waals surface area contributed by atoms with Crippen LogP contribution >= 0.6 is 0 Å². The quantitative estimate of drug-likeness (QED) is 0.611. The third-order valence-electron chi connectivity index (χ3n) is 6.28. The number of ether oxygens (including phenoxy) is 1. The highest BCUT2D eigenvalue weighted by atomic mass is 19.3. The molecular weight excluding hydrogens is 432 g/mol. The molecule has 1 fully saturated rings. The van der Waals surface area contributed by atoms with Crippen molar-refractivity contribution < 1.29 is 18.3 Å². The number of anilines is 3. The highest BCUT2D eigenvalue weighted by Crippen LogP contribution is 2.37. The smallest absolute Gasteiger partial charge is 0.255 e. The van der Waals surface area contributed by atoms with Gasteiger partial charge in [-0.15, -0.1) is 0 Å². The van der Waals surface area contributed by atoms with Gasteiger partial charge in [0.05, 0.1) is 19.0 Å². The van der Waals surface area contributed by atoms with Gasteiger partial charge in [0, 0.05) is 44.7 Å². The standard InChI is InChI=1S/C22H29F2N7O2/c1-13-17-19(30(3)18(14(2)33-4)20(32)28-17)29-21(27-13)25-9-16-10-26-31(12-16)11-15-5-7-22(23,24)8-6-15/h10,12,15,18H,2,5-9,11H2,1,3-4H3,(H,28,32)(H,25,27,29)/t18-/m0/s1. The SMILES string of the molecule is C=C(OC)[C@H]1C(=O)Nc2c(C)nc(NCc3cnn(CC4CCC(F)(F)CC4)c3)nc2N1C. The van der Waals surface area contributed by atoms with Gasteiger partial charge >= 0.3 is 0 Å². The molecule has 2 aliphatic rings. The predicted molar refractivity (Wildman–Crippen MR) is 120 cm³/mol. The second kappa shape index (κ2) is 8.95. The molecule has 2 aromatic heterocycles. The fourth-order valence-corrected chi connectivity index (χ4v) is 4.33. The summed E-state index contributed by atoms with van der Waals surface area (Å²) in [6.45, 7) is 6.70. The Bertz CT molecular complexity index is 1050. The van der Waals surface area contributed by atoms with E-state index >= 15 is 0 Å². The Morgan fingerprint density at radius 3 is 2.79 bits per heavy atom. The Hall–Kier alpha value is -3.24. The van der Waals surface area contributed by atoms with Gasteiger partial charge in [-0.2, -0.15) is 10.1 Å². The highest BCUT2D eigenvalue weighted by molar-refractivity contribution is 6.04. The maximum Gasteiger partial charge on any atom is 0.255 e. The Morgan fingerprint density at radius 2 is 2.09 bits per heavy atom. The number of nitrogens with one attached hydrogen (secondary N) is 2. The number of methoxy groups -OCH3 is 1. The van der Waals surface area contributed by atoms with E-state index in [1.165, 1.54) is 7.11 Å². The minimum absolute atomic E-state index is 0.0458. The predicted octanol–water partition coefficient (Wildman–Crippen LogP) is 3.34. The van der Waals surface area contributed by atoms with Crippen molar-refractivity contribution in [3.05, 3.63) is 36.0 Å². The topological polar surface area (TPSA) is 97.2 Å². The van der Waals surface area contributed by atoms with E-state index in [4.69, 9.17) is 4.74 Å². The van der Waals surface area contributed by atoms with Crippen LogP contribution in [0.3, 0.4) is 0 Å². The zero-order valence-corrected chi connectivity index (χ0v) is 19.1. The lowest BCUT2D eigenvalue weighted by Gasteiger charge is -2.34. The molecule has 0 saturated heterocycles. The van der Waals surface area contributed by atoms with Crippen molar-refractivity contribution >= 4 is 23.4 Å². The summed E-state index contributed by atoms with van der Waals surface area (Å²) in [4.78, 5) is 23.2. The molecule has 1 amide bonds. The van der Waals surface area contributed by atoms with Crippen LogP contribution < -0.4 is 15.5 Å². The molecule has 2 aromatic rings. The first-order valence-corrected chi connectivity index (χ1v) is 10.9. The molecule has 178 valence electrons. The van der Waals surface area contributed by atoms with Crippen molar-refractivity contribution in [1.82, 2.24) is 19.7 Å². The van der Waals surface area contributed by atoms with Crippen molar-refractivity contribution in [2.45, 2.75) is 57.7 Å². The fourth-order valence-electron chi connectivity index (χ4n) is 4.33. The second-order valence-corrected chi connectivity index (χ2v) is 8.73. The lowest BCUT2D eigenvalue weighted by Crippen LogP contribution is -2.48. The largest absolute Gasteiger partial charge is 0.499 e. The number of aryl methyl sites for hydroxylation is 1. The number of carbonyl (C=O) groups is 1. The monoisotopic (exact) mass is 461 g/mol. The van der Waals surface area contributed by atoms with E-state index in [9.17, 15) is 13.6 Å². The highest BCUT2D eigenvalue weighted by Gasteiger charge is 2.36. The van der Waals surface area contributed by atoms with Crippen molar-refractivity contribution in [2.75, 3.05) is 29.7 Å². The van der Waals surface area contributed by atoms with Crippen molar-refractivity contribution in [3.63, 3.8) is 0 Å². The Balaban J connectivity index is 1.41. The number of halogens is 2. The van der Waals surface area contributed by atoms with Crippen LogP contribution in [0.5, 0.6) is 0 Å². The van der Waals surface area contributed by atoms with Crippen LogP contribution in [0.25, 0.3) is 0 Å². The number of hydrogen-bond donors (Lipinski definition) is 2. The summed E-state index contributed by atoms with van der Waals surface area (Å²) in [6, 6.07) is -0.692. The van der Waals surface area contributed by atoms with E-state index in [1.54, 1.807) is 25.1 Å². The fraction of sp³-hybridized carbons (Fsp3) is 0.545. The molecule has 9 nitrogen and oxygen atoms in total. The summed E-state index contributed by atoms with van der Waals surface area (Å²) in [6.07, 6.45) is 4.61. The van der Waals surface area contributed by atoms with Crippen molar-refractivity contribution in [1.29, 1.82) is 0 Å². The average molecular weight is 462 g/mol. The molecule has 0 radical (unpaired) electrons. The molecular formula is C22H29F2N7O2. The lowest BCUT2D eigenvalue weighted by molar-refractivity contribution is -0.117. The molecule has 0 spiro atoms. The van der Waals surface area contributed by atoms with Crippen LogP contribution in [0.1, 0.15) is 36.9 Å². The molecule has 1 aliphatic heterocycles. The van der Waals surface area contributed by atoms with E-state index in [-0.39, 0.29) is 24.7 Å². The summed E-state index contributed by atoms with van der Waals surface area (Å²) in [5, 5.41) is 10.4. The van der Waals surface area contributed by atoms with Crippen LogP contribution in [-0.2, 0) is 22.6 Å². The van der Waals surface area contributed by atoms with E-state index in [0.29, 0.717) is 54.8 Å². The molecule has 2 N–H and O–H groups in total. The van der Waals surface area contributed by atoms with Gasteiger partial charge in [0.1, 0.15) is 11.4 Å². The Labute approximate surface area is 191 Å². The maximum absolute atomic E-state index is 13.4. The van der Waals surface area contributed by atoms with E-state index in [1.807, 2.05) is 10.9 Å². The second-order valence-electron chi connectivity index (χ2n) is 8.73. The Kier molecular flexibility index (Phi) is 6.22. The number of hydrogen-bond acceptors (Lipinski definition) is 7. The van der Waals surface area contributed by atoms with Crippen molar-refractivity contribution in [2.24, 2.45) is 5.92 Å². The third-order valence-corrected chi connectivity index (χ3v) is 6.28. The van der Waals surface area contributed by atoms with Gasteiger partial charge in [0.25, 0.3) is 5.91 Å². The van der Waals surface area contributed by atoms with Gasteiger partial charge in [-0.1, -0.05) is 6.58 Å². The Morgan fingerprint density at radius 1 is 1.36 bits per heavy atom. The molecule has 11 heteroatoms. The number of amides is 1.